The van der Waals surface area contributed by atoms with Gasteiger partial charge in [-0.25, -0.2) is 0 Å². The first kappa shape index (κ1) is 41.1. The minimum absolute atomic E-state index is 0.00578. The van der Waals surface area contributed by atoms with E-state index in [1.807, 2.05) is 6.92 Å². The van der Waals surface area contributed by atoms with Crippen LogP contribution in [0, 0.1) is 63.6 Å². The average Bonchev–Trinajstić information content (AvgIpc) is 3.14. The molecule has 0 amide bonds. The molecule has 6 saturated carbocycles. The number of aldehydes is 1. The van der Waals surface area contributed by atoms with E-state index < -0.39 is 50.5 Å². The molecule has 0 radical (unpaired) electrons. The fourth-order valence-electron chi connectivity index (χ4n) is 12.0. The molecule has 6 bridgehead atoms. The first-order valence-electron chi connectivity index (χ1n) is 20.5. The Labute approximate surface area is 322 Å². The summed E-state index contributed by atoms with van der Waals surface area (Å²) in [4.78, 5) is 51.9. The van der Waals surface area contributed by atoms with Crippen molar-refractivity contribution in [3.63, 3.8) is 0 Å². The van der Waals surface area contributed by atoms with Crippen LogP contribution in [-0.4, -0.2) is 88.2 Å². The number of rotatable bonds is 13. The van der Waals surface area contributed by atoms with Gasteiger partial charge in [0.2, 0.25) is 0 Å². The summed E-state index contributed by atoms with van der Waals surface area (Å²) >= 11 is 0. The molecule has 0 aromatic heterocycles. The van der Waals surface area contributed by atoms with E-state index in [4.69, 9.17) is 28.2 Å². The van der Waals surface area contributed by atoms with Gasteiger partial charge in [-0.3, -0.25) is 18.9 Å². The Morgan fingerprint density at radius 1 is 0.873 bits per heavy atom. The summed E-state index contributed by atoms with van der Waals surface area (Å²) in [6, 6.07) is 0. The largest absolute Gasteiger partial charge is 0.464 e. The van der Waals surface area contributed by atoms with E-state index in [1.54, 1.807) is 0 Å². The van der Waals surface area contributed by atoms with E-state index >= 15 is 0 Å². The minimum Gasteiger partial charge on any atom is -0.464 e. The lowest BCUT2D eigenvalue weighted by Gasteiger charge is -2.50. The lowest BCUT2D eigenvalue weighted by atomic mass is 9.58. The monoisotopic (exact) mass is 800 g/mol. The van der Waals surface area contributed by atoms with E-state index in [1.165, 1.54) is 0 Å². The van der Waals surface area contributed by atoms with Gasteiger partial charge in [-0.15, -0.1) is 0 Å². The Hall–Kier alpha value is -2.07. The number of hydrogen-bond donors (Lipinski definition) is 1. The van der Waals surface area contributed by atoms with Gasteiger partial charge in [0, 0.05) is 30.3 Å². The SMILES string of the molecule is CC1CC2CC(COCC3(COC(=O)C45CCCC(CC(C=O)C4)C5)COC(C4CC5CCCC(C(=O)OCC(F)(F)S(=O)(=O)O)(C5)C4)OC3)CC(C2)C1=O. The average molecular weight is 801 g/mol. The molecule has 0 spiro atoms. The highest BCUT2D eigenvalue weighted by molar-refractivity contribution is 7.86. The van der Waals surface area contributed by atoms with Crippen molar-refractivity contribution in [2.45, 2.75) is 121 Å². The Kier molecular flexibility index (Phi) is 11.9. The van der Waals surface area contributed by atoms with Crippen LogP contribution < -0.4 is 0 Å². The number of fused-ring (bicyclic) bond motifs is 6. The van der Waals surface area contributed by atoms with Crippen molar-refractivity contribution in [3.05, 3.63) is 0 Å². The second-order valence-electron chi connectivity index (χ2n) is 19.0. The molecule has 1 heterocycles. The van der Waals surface area contributed by atoms with E-state index in [-0.39, 0.29) is 74.3 Å². The summed E-state index contributed by atoms with van der Waals surface area (Å²) in [6.45, 7) is 1.20. The van der Waals surface area contributed by atoms with Crippen molar-refractivity contribution in [2.24, 2.45) is 63.6 Å². The second-order valence-corrected chi connectivity index (χ2v) is 20.5. The molecular weight excluding hydrogens is 742 g/mol. The molecule has 55 heavy (non-hydrogen) atoms. The lowest BCUT2D eigenvalue weighted by molar-refractivity contribution is -0.276. The highest BCUT2D eigenvalue weighted by Crippen LogP contribution is 2.54. The third-order valence-corrected chi connectivity index (χ3v) is 15.4. The Morgan fingerprint density at radius 3 is 2.20 bits per heavy atom. The number of hydrogen-bond acceptors (Lipinski definition) is 11. The van der Waals surface area contributed by atoms with Gasteiger partial charge < -0.3 is 28.5 Å². The summed E-state index contributed by atoms with van der Waals surface area (Å²) < 4.78 is 89.5. The topological polar surface area (TPSA) is 169 Å². The molecule has 10 unspecified atom stereocenters. The number of Topliss-reactive ketones (excluding diaryl/α,β-unsaturated/α-hetero) is 1. The summed E-state index contributed by atoms with van der Waals surface area (Å²) in [5.41, 5.74) is -2.65. The summed E-state index contributed by atoms with van der Waals surface area (Å²) in [5.74, 6) is 0.0485. The smallest absolute Gasteiger partial charge is 0.402 e. The first-order valence-corrected chi connectivity index (χ1v) is 22.0. The third kappa shape index (κ3) is 8.71. The van der Waals surface area contributed by atoms with Gasteiger partial charge in [-0.05, 0) is 101 Å². The number of alkyl halides is 2. The summed E-state index contributed by atoms with van der Waals surface area (Å²) in [5, 5.41) is -4.62. The molecule has 7 fully saturated rings. The van der Waals surface area contributed by atoms with Crippen molar-refractivity contribution in [1.82, 2.24) is 0 Å². The minimum atomic E-state index is -5.76. The Balaban J connectivity index is 1.01. The molecule has 7 rings (SSSR count). The maximum absolute atomic E-state index is 14.0. The van der Waals surface area contributed by atoms with Crippen LogP contribution in [0.15, 0.2) is 0 Å². The number of carbonyl (C=O) groups excluding carboxylic acids is 4. The first-order chi connectivity index (χ1) is 26.0. The van der Waals surface area contributed by atoms with Crippen molar-refractivity contribution in [3.8, 4) is 0 Å². The molecule has 12 nitrogen and oxygen atoms in total. The number of carbonyl (C=O) groups is 4. The zero-order chi connectivity index (χ0) is 39.2. The van der Waals surface area contributed by atoms with Crippen molar-refractivity contribution in [1.29, 1.82) is 0 Å². The quantitative estimate of drug-likeness (QED) is 0.132. The number of esters is 2. The van der Waals surface area contributed by atoms with Crippen LogP contribution in [0.5, 0.6) is 0 Å². The molecule has 0 aromatic rings. The summed E-state index contributed by atoms with van der Waals surface area (Å²) in [7, 11) is -5.76. The van der Waals surface area contributed by atoms with Crippen LogP contribution in [0.2, 0.25) is 0 Å². The normalized spacial score (nSPS) is 41.9. The van der Waals surface area contributed by atoms with Gasteiger partial charge in [-0.2, -0.15) is 17.2 Å². The molecule has 15 heteroatoms. The molecule has 0 aromatic carbocycles. The van der Waals surface area contributed by atoms with Crippen molar-refractivity contribution in [2.75, 3.05) is 39.6 Å². The van der Waals surface area contributed by atoms with E-state index in [2.05, 4.69) is 0 Å². The van der Waals surface area contributed by atoms with Crippen LogP contribution in [0.3, 0.4) is 0 Å². The van der Waals surface area contributed by atoms with Gasteiger partial charge in [0.05, 0.1) is 36.1 Å². The van der Waals surface area contributed by atoms with Gasteiger partial charge in [0.1, 0.15) is 18.7 Å². The standard InChI is InChI=1S/C40H58F2O12S/c1-25-8-28-10-29(13-31(12-28)33(25)44)19-50-20-37(23-53-35(45)38-6-2-4-26(14-38)9-30(16-38)18-43)21-51-34(52-22-37)32-11-27-5-3-7-39(15-27,17-32)36(46)54-24-40(41,42)55(47,48)49/h18,25-32,34H,2-17,19-24H2,1H3,(H,47,48,49). The van der Waals surface area contributed by atoms with Crippen LogP contribution in [0.25, 0.3) is 0 Å². The highest BCUT2D eigenvalue weighted by Gasteiger charge is 2.55. The highest BCUT2D eigenvalue weighted by atomic mass is 32.2. The molecular formula is C40H58F2O12S. The lowest BCUT2D eigenvalue weighted by Crippen LogP contribution is -2.53. The molecule has 310 valence electrons. The zero-order valence-corrected chi connectivity index (χ0v) is 32.7. The van der Waals surface area contributed by atoms with Crippen molar-refractivity contribution < 1.29 is 64.6 Å². The molecule has 1 aliphatic heterocycles. The maximum atomic E-state index is 14.0. The van der Waals surface area contributed by atoms with Crippen molar-refractivity contribution >= 4 is 34.1 Å². The van der Waals surface area contributed by atoms with Crippen LogP contribution in [0.4, 0.5) is 8.78 Å². The molecule has 6 aliphatic carbocycles. The molecule has 1 saturated heterocycles. The van der Waals surface area contributed by atoms with Crippen LogP contribution in [-0.2, 0) is 53.0 Å². The maximum Gasteiger partial charge on any atom is 0.402 e. The van der Waals surface area contributed by atoms with Gasteiger partial charge >= 0.3 is 27.3 Å². The van der Waals surface area contributed by atoms with Gasteiger partial charge in [0.15, 0.2) is 12.9 Å². The number of ether oxygens (including phenoxy) is 5. The number of halogens is 2. The van der Waals surface area contributed by atoms with Crippen LogP contribution >= 0.6 is 0 Å². The molecule has 7 aliphatic rings. The molecule has 10 atom stereocenters. The fraction of sp³-hybridized carbons (Fsp3) is 0.900. The van der Waals surface area contributed by atoms with Gasteiger partial charge in [-0.1, -0.05) is 32.6 Å². The van der Waals surface area contributed by atoms with Gasteiger partial charge in [0.25, 0.3) is 0 Å². The third-order valence-electron chi connectivity index (χ3n) is 14.5. The van der Waals surface area contributed by atoms with Crippen LogP contribution in [0.1, 0.15) is 110 Å². The fourth-order valence-corrected chi connectivity index (χ4v) is 12.3. The second kappa shape index (κ2) is 15.9. The summed E-state index contributed by atoms with van der Waals surface area (Å²) in [6.07, 6.45) is 11.8. The Bertz CT molecular complexity index is 1560. The van der Waals surface area contributed by atoms with E-state index in [0.29, 0.717) is 62.8 Å². The predicted molar refractivity (Wildman–Crippen MR) is 191 cm³/mol. The zero-order valence-electron chi connectivity index (χ0n) is 31.9. The number of ketones is 1. The van der Waals surface area contributed by atoms with E-state index in [9.17, 15) is 36.4 Å². The predicted octanol–water partition coefficient (Wildman–Crippen LogP) is 5.94. The molecule has 1 N–H and O–H groups in total. The van der Waals surface area contributed by atoms with E-state index in [0.717, 1.165) is 64.1 Å². The Morgan fingerprint density at radius 2 is 1.53 bits per heavy atom.